The molecule has 0 aromatic heterocycles. The highest BCUT2D eigenvalue weighted by Crippen LogP contribution is 2.37. The predicted molar refractivity (Wildman–Crippen MR) is 78.0 cm³/mol. The van der Waals surface area contributed by atoms with Crippen LogP contribution in [0.4, 0.5) is 0 Å². The fourth-order valence-electron chi connectivity index (χ4n) is 2.16. The van der Waals surface area contributed by atoms with Crippen LogP contribution in [0.2, 0.25) is 0 Å². The molecule has 3 heteroatoms. The maximum absolute atomic E-state index is 12.3. The third-order valence-electron chi connectivity index (χ3n) is 3.22. The van der Waals surface area contributed by atoms with E-state index in [0.29, 0.717) is 0 Å². The van der Waals surface area contributed by atoms with Crippen molar-refractivity contribution < 1.29 is 4.79 Å². The predicted octanol–water partition coefficient (Wildman–Crippen LogP) is 3.98. The fraction of sp³-hybridized carbons (Fsp3) is 0.357. The maximum Gasteiger partial charge on any atom is 0.191 e. The number of benzene rings is 1. The molecule has 0 unspecified atom stereocenters. The van der Waals surface area contributed by atoms with E-state index in [4.69, 9.17) is 0 Å². The number of hydrogen-bond acceptors (Lipinski definition) is 3. The summed E-state index contributed by atoms with van der Waals surface area (Å²) in [7, 11) is 0. The minimum absolute atomic E-state index is 0.224. The van der Waals surface area contributed by atoms with Crippen LogP contribution in [-0.2, 0) is 6.42 Å². The molecule has 1 aliphatic rings. The summed E-state index contributed by atoms with van der Waals surface area (Å²) in [6.45, 7) is 4.17. The van der Waals surface area contributed by atoms with Gasteiger partial charge in [0.15, 0.2) is 5.78 Å². The molecule has 0 saturated heterocycles. The monoisotopic (exact) mass is 264 g/mol. The number of thioether (sulfide) groups is 2. The van der Waals surface area contributed by atoms with Gasteiger partial charge in [0.25, 0.3) is 0 Å². The normalized spacial score (nSPS) is 14.1. The second kappa shape index (κ2) is 4.91. The van der Waals surface area contributed by atoms with Gasteiger partial charge in [0, 0.05) is 21.8 Å². The van der Waals surface area contributed by atoms with E-state index in [0.717, 1.165) is 21.8 Å². The molecule has 17 heavy (non-hydrogen) atoms. The number of rotatable bonds is 2. The molecule has 90 valence electrons. The molecular weight excluding hydrogens is 248 g/mol. The number of hydrogen-bond donors (Lipinski definition) is 0. The van der Waals surface area contributed by atoms with Crippen molar-refractivity contribution in [3.8, 4) is 0 Å². The number of Topliss-reactive ketones (excluding diaryl/α,β-unsaturated/α-hetero) is 1. The molecule has 1 aromatic carbocycles. The highest BCUT2D eigenvalue weighted by Gasteiger charge is 2.27. The van der Waals surface area contributed by atoms with E-state index in [1.54, 1.807) is 23.5 Å². The fourth-order valence-corrected chi connectivity index (χ4v) is 3.65. The second-order valence-electron chi connectivity index (χ2n) is 4.27. The highest BCUT2D eigenvalue weighted by molar-refractivity contribution is 8.21. The molecule has 0 N–H and O–H groups in total. The van der Waals surface area contributed by atoms with Crippen LogP contribution in [0.3, 0.4) is 0 Å². The van der Waals surface area contributed by atoms with Gasteiger partial charge in [0.2, 0.25) is 0 Å². The molecule has 0 fully saturated rings. The van der Waals surface area contributed by atoms with E-state index in [1.165, 1.54) is 16.7 Å². The lowest BCUT2D eigenvalue weighted by atomic mass is 10.0. The van der Waals surface area contributed by atoms with Crippen LogP contribution in [0.25, 0.3) is 0 Å². The molecule has 1 aromatic rings. The van der Waals surface area contributed by atoms with Crippen molar-refractivity contribution >= 4 is 29.3 Å². The summed E-state index contributed by atoms with van der Waals surface area (Å²) in [5, 5.41) is 0. The number of fused-ring (bicyclic) bond motifs is 1. The standard InChI is InChI=1S/C14H16OS2/c1-8-5-10-7-12(14(16-3)17-4)13(15)11(10)6-9(8)2/h5-6H,7H2,1-4H3. The molecule has 0 bridgehead atoms. The molecule has 0 aliphatic heterocycles. The van der Waals surface area contributed by atoms with Gasteiger partial charge in [-0.3, -0.25) is 4.79 Å². The van der Waals surface area contributed by atoms with Gasteiger partial charge in [0.1, 0.15) is 0 Å². The summed E-state index contributed by atoms with van der Waals surface area (Å²) < 4.78 is 1.15. The van der Waals surface area contributed by atoms with Crippen LogP contribution in [0.1, 0.15) is 27.0 Å². The largest absolute Gasteiger partial charge is 0.289 e. The summed E-state index contributed by atoms with van der Waals surface area (Å²) in [4.78, 5) is 12.3. The zero-order valence-electron chi connectivity index (χ0n) is 10.6. The number of carbonyl (C=O) groups excluding carboxylic acids is 1. The smallest absolute Gasteiger partial charge is 0.191 e. The number of aryl methyl sites for hydroxylation is 2. The molecule has 2 rings (SSSR count). The zero-order valence-corrected chi connectivity index (χ0v) is 12.2. The van der Waals surface area contributed by atoms with E-state index in [9.17, 15) is 4.79 Å². The molecule has 0 radical (unpaired) electrons. The Hall–Kier alpha value is -0.670. The first-order chi connectivity index (χ1) is 8.08. The van der Waals surface area contributed by atoms with Crippen molar-refractivity contribution in [3.63, 3.8) is 0 Å². The molecule has 1 aliphatic carbocycles. The summed E-state index contributed by atoms with van der Waals surface area (Å²) >= 11 is 3.34. The Morgan fingerprint density at radius 3 is 2.29 bits per heavy atom. The molecule has 0 amide bonds. The number of ketones is 1. The van der Waals surface area contributed by atoms with Gasteiger partial charge >= 0.3 is 0 Å². The van der Waals surface area contributed by atoms with E-state index in [1.807, 2.05) is 18.6 Å². The Morgan fingerprint density at radius 2 is 1.71 bits per heavy atom. The molecular formula is C14H16OS2. The number of carbonyl (C=O) groups is 1. The zero-order chi connectivity index (χ0) is 12.6. The number of allylic oxidation sites excluding steroid dienone is 1. The Morgan fingerprint density at radius 1 is 1.12 bits per heavy atom. The Labute approximate surface area is 111 Å². The second-order valence-corrected chi connectivity index (χ2v) is 6.17. The van der Waals surface area contributed by atoms with Crippen molar-refractivity contribution in [2.75, 3.05) is 12.5 Å². The quantitative estimate of drug-likeness (QED) is 0.752. The van der Waals surface area contributed by atoms with Crippen molar-refractivity contribution in [2.24, 2.45) is 0 Å². The van der Waals surface area contributed by atoms with E-state index >= 15 is 0 Å². The SMILES string of the molecule is CSC(SC)=C1Cc2cc(C)c(C)cc2C1=O. The van der Waals surface area contributed by atoms with Crippen LogP contribution >= 0.6 is 23.5 Å². The van der Waals surface area contributed by atoms with Crippen LogP contribution in [0.5, 0.6) is 0 Å². The molecule has 0 heterocycles. The summed E-state index contributed by atoms with van der Waals surface area (Å²) in [6, 6.07) is 4.20. The molecule has 0 spiro atoms. The maximum atomic E-state index is 12.3. The molecule has 0 saturated carbocycles. The first kappa shape index (κ1) is 12.8. The Bertz CT molecular complexity index is 509. The average Bonchev–Trinajstić information content (AvgIpc) is 2.60. The van der Waals surface area contributed by atoms with Gasteiger partial charge < -0.3 is 0 Å². The van der Waals surface area contributed by atoms with E-state index < -0.39 is 0 Å². The topological polar surface area (TPSA) is 17.1 Å². The third-order valence-corrected chi connectivity index (χ3v) is 5.46. The summed E-state index contributed by atoms with van der Waals surface area (Å²) in [5.74, 6) is 0.224. The summed E-state index contributed by atoms with van der Waals surface area (Å²) in [6.07, 6.45) is 4.86. The Kier molecular flexibility index (Phi) is 3.69. The van der Waals surface area contributed by atoms with E-state index in [-0.39, 0.29) is 5.78 Å². The van der Waals surface area contributed by atoms with E-state index in [2.05, 4.69) is 19.9 Å². The lowest BCUT2D eigenvalue weighted by molar-refractivity contribution is 0.103. The first-order valence-corrected chi connectivity index (χ1v) is 7.99. The van der Waals surface area contributed by atoms with Gasteiger partial charge in [-0.05, 0) is 49.1 Å². The van der Waals surface area contributed by atoms with Crippen molar-refractivity contribution in [1.82, 2.24) is 0 Å². The average molecular weight is 264 g/mol. The lowest BCUT2D eigenvalue weighted by Gasteiger charge is -2.03. The van der Waals surface area contributed by atoms with Gasteiger partial charge in [-0.2, -0.15) is 0 Å². The van der Waals surface area contributed by atoms with Crippen LogP contribution in [0, 0.1) is 13.8 Å². The van der Waals surface area contributed by atoms with Crippen LogP contribution < -0.4 is 0 Å². The first-order valence-electron chi connectivity index (χ1n) is 5.54. The molecule has 1 nitrogen and oxygen atoms in total. The minimum Gasteiger partial charge on any atom is -0.289 e. The highest BCUT2D eigenvalue weighted by atomic mass is 32.2. The summed E-state index contributed by atoms with van der Waals surface area (Å²) in [5.41, 5.74) is 5.54. The third kappa shape index (κ3) is 2.18. The Balaban J connectivity index is 2.53. The minimum atomic E-state index is 0.224. The van der Waals surface area contributed by atoms with Gasteiger partial charge in [-0.1, -0.05) is 6.07 Å². The van der Waals surface area contributed by atoms with Crippen molar-refractivity contribution in [1.29, 1.82) is 0 Å². The van der Waals surface area contributed by atoms with Crippen molar-refractivity contribution in [3.05, 3.63) is 44.2 Å². The van der Waals surface area contributed by atoms with Gasteiger partial charge in [-0.15, -0.1) is 23.5 Å². The van der Waals surface area contributed by atoms with Gasteiger partial charge in [0.05, 0.1) is 0 Å². The van der Waals surface area contributed by atoms with Crippen LogP contribution in [0.15, 0.2) is 21.9 Å². The molecule has 0 atom stereocenters. The van der Waals surface area contributed by atoms with Crippen molar-refractivity contribution in [2.45, 2.75) is 20.3 Å². The van der Waals surface area contributed by atoms with Gasteiger partial charge in [-0.25, -0.2) is 0 Å². The lowest BCUT2D eigenvalue weighted by Crippen LogP contribution is -1.98. The van der Waals surface area contributed by atoms with Crippen LogP contribution in [-0.4, -0.2) is 18.3 Å².